The molecule has 1 unspecified atom stereocenters. The number of nitrogens with one attached hydrogen (secondary N) is 2. The molecule has 2 rings (SSSR count). The third-order valence-electron chi connectivity index (χ3n) is 4.28. The molecule has 0 bridgehead atoms. The summed E-state index contributed by atoms with van der Waals surface area (Å²) in [4.78, 5) is 12.2. The second kappa shape index (κ2) is 6.01. The number of rotatable bonds is 2. The highest BCUT2D eigenvalue weighted by molar-refractivity contribution is 5.85. The monoisotopic (exact) mass is 288 g/mol. The second-order valence-corrected chi connectivity index (χ2v) is 7.77. The Balaban J connectivity index is 0.00000180. The molecule has 0 aromatic carbocycles. The molecule has 2 N–H and O–H groups in total. The fourth-order valence-corrected chi connectivity index (χ4v) is 4.16. The zero-order valence-electron chi connectivity index (χ0n) is 12.7. The summed E-state index contributed by atoms with van der Waals surface area (Å²) >= 11 is 0. The van der Waals surface area contributed by atoms with Crippen LogP contribution >= 0.6 is 12.4 Å². The lowest BCUT2D eigenvalue weighted by Gasteiger charge is -2.45. The highest BCUT2D eigenvalue weighted by Gasteiger charge is 2.39. The van der Waals surface area contributed by atoms with Gasteiger partial charge >= 0.3 is 0 Å². The lowest BCUT2D eigenvalue weighted by molar-refractivity contribution is -0.124. The van der Waals surface area contributed by atoms with Crippen molar-refractivity contribution >= 4 is 18.3 Å². The largest absolute Gasteiger partial charge is 0.352 e. The summed E-state index contributed by atoms with van der Waals surface area (Å²) in [5.41, 5.74) is 0.672. The number of amides is 1. The van der Waals surface area contributed by atoms with Crippen LogP contribution in [0.3, 0.4) is 0 Å². The molecule has 1 saturated heterocycles. The van der Waals surface area contributed by atoms with E-state index in [1.54, 1.807) is 0 Å². The third kappa shape index (κ3) is 4.64. The van der Waals surface area contributed by atoms with Crippen LogP contribution in [0.2, 0.25) is 0 Å². The van der Waals surface area contributed by atoms with E-state index in [2.05, 4.69) is 38.3 Å². The SMILES string of the molecule is CC1(C)CC(NC(=O)C2CCCN2)CC(C)(C)C1.Cl. The van der Waals surface area contributed by atoms with E-state index >= 15 is 0 Å². The average Bonchev–Trinajstić information content (AvgIpc) is 2.63. The smallest absolute Gasteiger partial charge is 0.237 e. The van der Waals surface area contributed by atoms with E-state index < -0.39 is 0 Å². The van der Waals surface area contributed by atoms with Gasteiger partial charge in [0.15, 0.2) is 0 Å². The van der Waals surface area contributed by atoms with Crippen LogP contribution < -0.4 is 10.6 Å². The first-order valence-electron chi connectivity index (χ1n) is 7.31. The fourth-order valence-electron chi connectivity index (χ4n) is 4.16. The predicted molar refractivity (Wildman–Crippen MR) is 81.6 cm³/mol. The van der Waals surface area contributed by atoms with E-state index in [4.69, 9.17) is 0 Å². The molecule has 1 heterocycles. The predicted octanol–water partition coefficient (Wildman–Crippen LogP) is 2.88. The van der Waals surface area contributed by atoms with E-state index in [-0.39, 0.29) is 24.4 Å². The van der Waals surface area contributed by atoms with Gasteiger partial charge in [-0.25, -0.2) is 0 Å². The minimum atomic E-state index is 0. The maximum Gasteiger partial charge on any atom is 0.237 e. The molecule has 112 valence electrons. The molecule has 0 radical (unpaired) electrons. The van der Waals surface area contributed by atoms with Gasteiger partial charge in [0, 0.05) is 6.04 Å². The van der Waals surface area contributed by atoms with Crippen LogP contribution in [-0.2, 0) is 4.79 Å². The van der Waals surface area contributed by atoms with Crippen LogP contribution in [0.1, 0.15) is 59.8 Å². The van der Waals surface area contributed by atoms with Crippen molar-refractivity contribution in [1.29, 1.82) is 0 Å². The Hall–Kier alpha value is -0.280. The maximum atomic E-state index is 12.2. The molecular formula is C15H29ClN2O. The lowest BCUT2D eigenvalue weighted by atomic mass is 9.63. The van der Waals surface area contributed by atoms with Gasteiger partial charge in [-0.3, -0.25) is 4.79 Å². The van der Waals surface area contributed by atoms with Crippen LogP contribution in [0.4, 0.5) is 0 Å². The van der Waals surface area contributed by atoms with Crippen LogP contribution in [0.5, 0.6) is 0 Å². The molecule has 19 heavy (non-hydrogen) atoms. The van der Waals surface area contributed by atoms with Crippen LogP contribution in [0.15, 0.2) is 0 Å². The molecule has 1 amide bonds. The molecule has 0 spiro atoms. The Kier molecular flexibility index (Phi) is 5.30. The summed E-state index contributed by atoms with van der Waals surface area (Å²) in [5, 5.41) is 6.55. The van der Waals surface area contributed by atoms with Gasteiger partial charge in [-0.1, -0.05) is 27.7 Å². The lowest BCUT2D eigenvalue weighted by Crippen LogP contribution is -2.50. The van der Waals surface area contributed by atoms with E-state index in [0.717, 1.165) is 32.2 Å². The third-order valence-corrected chi connectivity index (χ3v) is 4.28. The Morgan fingerprint density at radius 3 is 2.21 bits per heavy atom. The van der Waals surface area contributed by atoms with Gasteiger partial charge in [-0.2, -0.15) is 0 Å². The van der Waals surface area contributed by atoms with E-state index in [0.29, 0.717) is 16.9 Å². The van der Waals surface area contributed by atoms with Crippen LogP contribution in [-0.4, -0.2) is 24.5 Å². The van der Waals surface area contributed by atoms with Gasteiger partial charge < -0.3 is 10.6 Å². The summed E-state index contributed by atoms with van der Waals surface area (Å²) in [7, 11) is 0. The number of halogens is 1. The molecule has 1 aliphatic heterocycles. The molecule has 2 aliphatic rings. The second-order valence-electron chi connectivity index (χ2n) is 7.77. The number of hydrogen-bond acceptors (Lipinski definition) is 2. The van der Waals surface area contributed by atoms with E-state index in [1.165, 1.54) is 6.42 Å². The van der Waals surface area contributed by atoms with Crippen LogP contribution in [0.25, 0.3) is 0 Å². The Bertz CT molecular complexity index is 306. The maximum absolute atomic E-state index is 12.2. The zero-order valence-corrected chi connectivity index (χ0v) is 13.5. The quantitative estimate of drug-likeness (QED) is 0.820. The highest BCUT2D eigenvalue weighted by Crippen LogP contribution is 2.45. The van der Waals surface area contributed by atoms with Crippen molar-refractivity contribution in [3.8, 4) is 0 Å². The summed E-state index contributed by atoms with van der Waals surface area (Å²) in [6, 6.07) is 0.400. The van der Waals surface area contributed by atoms with Crippen LogP contribution in [0, 0.1) is 10.8 Å². The summed E-state index contributed by atoms with van der Waals surface area (Å²) in [6.07, 6.45) is 5.57. The number of hydrogen-bond donors (Lipinski definition) is 2. The van der Waals surface area contributed by atoms with Crippen molar-refractivity contribution in [3.05, 3.63) is 0 Å². The zero-order chi connectivity index (χ0) is 13.4. The molecule has 0 aromatic heterocycles. The van der Waals surface area contributed by atoms with Crippen molar-refractivity contribution < 1.29 is 4.79 Å². The number of carbonyl (C=O) groups excluding carboxylic acids is 1. The highest BCUT2D eigenvalue weighted by atomic mass is 35.5. The molecule has 1 saturated carbocycles. The van der Waals surface area contributed by atoms with Crippen molar-refractivity contribution in [2.45, 2.75) is 71.9 Å². The van der Waals surface area contributed by atoms with Gasteiger partial charge in [0.1, 0.15) is 0 Å². The van der Waals surface area contributed by atoms with Gasteiger partial charge in [-0.05, 0) is 49.5 Å². The van der Waals surface area contributed by atoms with E-state index in [9.17, 15) is 4.79 Å². The van der Waals surface area contributed by atoms with Crippen molar-refractivity contribution in [3.63, 3.8) is 0 Å². The summed E-state index contributed by atoms with van der Waals surface area (Å²) in [6.45, 7) is 10.3. The molecule has 2 fully saturated rings. The minimum absolute atomic E-state index is 0. The minimum Gasteiger partial charge on any atom is -0.352 e. The van der Waals surface area contributed by atoms with Crippen molar-refractivity contribution in [1.82, 2.24) is 10.6 Å². The van der Waals surface area contributed by atoms with Crippen molar-refractivity contribution in [2.75, 3.05) is 6.54 Å². The standard InChI is InChI=1S/C15H28N2O.ClH/c1-14(2)8-11(9-15(3,4)10-14)17-13(18)12-6-5-7-16-12;/h11-12,16H,5-10H2,1-4H3,(H,17,18);1H. The Labute approximate surface area is 123 Å². The molecular weight excluding hydrogens is 260 g/mol. The molecule has 3 nitrogen and oxygen atoms in total. The summed E-state index contributed by atoms with van der Waals surface area (Å²) < 4.78 is 0. The average molecular weight is 289 g/mol. The molecule has 1 aliphatic carbocycles. The Morgan fingerprint density at radius 1 is 1.16 bits per heavy atom. The normalized spacial score (nSPS) is 29.6. The fraction of sp³-hybridized carbons (Fsp3) is 0.933. The molecule has 1 atom stereocenters. The molecule has 0 aromatic rings. The summed E-state index contributed by atoms with van der Waals surface area (Å²) in [5.74, 6) is 0.214. The van der Waals surface area contributed by atoms with Gasteiger partial charge in [0.05, 0.1) is 6.04 Å². The first-order valence-corrected chi connectivity index (χ1v) is 7.31. The van der Waals surface area contributed by atoms with Gasteiger partial charge in [-0.15, -0.1) is 12.4 Å². The first kappa shape index (κ1) is 16.8. The first-order chi connectivity index (χ1) is 8.27. The topological polar surface area (TPSA) is 41.1 Å². The van der Waals surface area contributed by atoms with Gasteiger partial charge in [0.2, 0.25) is 5.91 Å². The van der Waals surface area contributed by atoms with Crippen molar-refractivity contribution in [2.24, 2.45) is 10.8 Å². The van der Waals surface area contributed by atoms with E-state index in [1.807, 2.05) is 0 Å². The molecule has 4 heteroatoms. The Morgan fingerprint density at radius 2 is 1.74 bits per heavy atom. The van der Waals surface area contributed by atoms with Gasteiger partial charge in [0.25, 0.3) is 0 Å². The number of carbonyl (C=O) groups is 1.